The van der Waals surface area contributed by atoms with Crippen LogP contribution in [0.25, 0.3) is 0 Å². The summed E-state index contributed by atoms with van der Waals surface area (Å²) in [4.78, 5) is 4.72. The normalized spacial score (nSPS) is 23.8. The monoisotopic (exact) mass is 244 g/mol. The summed E-state index contributed by atoms with van der Waals surface area (Å²) in [6.45, 7) is 0. The van der Waals surface area contributed by atoms with E-state index >= 15 is 0 Å². The van der Waals surface area contributed by atoms with Crippen molar-refractivity contribution in [1.82, 2.24) is 4.98 Å². The van der Waals surface area contributed by atoms with Crippen molar-refractivity contribution in [3.63, 3.8) is 0 Å². The van der Waals surface area contributed by atoms with Gasteiger partial charge < -0.3 is 5.73 Å². The number of nitrogens with zero attached hydrogens (tertiary/aromatic N) is 1. The van der Waals surface area contributed by atoms with Gasteiger partial charge in [-0.15, -0.1) is 23.7 Å². The van der Waals surface area contributed by atoms with Crippen LogP contribution >= 0.6 is 23.7 Å². The maximum absolute atomic E-state index is 6.36. The van der Waals surface area contributed by atoms with Gasteiger partial charge in [0.15, 0.2) is 0 Å². The zero-order valence-corrected chi connectivity index (χ0v) is 10.4. The van der Waals surface area contributed by atoms with Crippen LogP contribution in [0.5, 0.6) is 0 Å². The number of thiazole rings is 1. The van der Waals surface area contributed by atoms with E-state index in [2.05, 4.69) is 5.38 Å². The van der Waals surface area contributed by atoms with Gasteiger partial charge in [-0.2, -0.15) is 0 Å². The molecule has 1 heterocycles. The topological polar surface area (TPSA) is 38.9 Å². The third kappa shape index (κ3) is 2.05. The smallest absolute Gasteiger partial charge is 0.113 e. The highest BCUT2D eigenvalue weighted by Gasteiger charge is 2.35. The lowest BCUT2D eigenvalue weighted by Crippen LogP contribution is -2.32. The molecule has 0 aromatic carbocycles. The van der Waals surface area contributed by atoms with Crippen LogP contribution in [0.15, 0.2) is 5.38 Å². The van der Waals surface area contributed by atoms with Gasteiger partial charge in [0.25, 0.3) is 0 Å². The fourth-order valence-electron chi connectivity index (χ4n) is 2.30. The molecule has 0 amide bonds. The van der Waals surface area contributed by atoms with Gasteiger partial charge in [-0.05, 0) is 25.7 Å². The maximum atomic E-state index is 6.36. The van der Waals surface area contributed by atoms with Crippen molar-refractivity contribution >= 4 is 23.7 Å². The molecule has 3 rings (SSSR count). The molecule has 1 aromatic heterocycles. The molecule has 0 saturated heterocycles. The first kappa shape index (κ1) is 11.4. The summed E-state index contributed by atoms with van der Waals surface area (Å²) in [6.07, 6.45) is 7.47. The van der Waals surface area contributed by atoms with E-state index in [-0.39, 0.29) is 17.9 Å². The number of aromatic nitrogens is 1. The number of nitrogens with two attached hydrogens (primary N) is 1. The van der Waals surface area contributed by atoms with Crippen LogP contribution in [0.2, 0.25) is 0 Å². The second kappa shape index (κ2) is 4.04. The molecule has 0 aliphatic heterocycles. The fourth-order valence-corrected chi connectivity index (χ4v) is 3.38. The minimum atomic E-state index is -0.0716. The molecule has 2 saturated carbocycles. The zero-order chi connectivity index (χ0) is 9.60. The predicted molar refractivity (Wildman–Crippen MR) is 65.7 cm³/mol. The minimum Gasteiger partial charge on any atom is -0.319 e. The van der Waals surface area contributed by atoms with E-state index in [9.17, 15) is 0 Å². The molecule has 2 aliphatic carbocycles. The first-order valence-corrected chi connectivity index (χ1v) is 6.41. The van der Waals surface area contributed by atoms with Crippen LogP contribution in [0, 0.1) is 0 Å². The number of rotatable bonds is 2. The van der Waals surface area contributed by atoms with Crippen molar-refractivity contribution in [2.75, 3.05) is 0 Å². The Bertz CT molecular complexity index is 340. The minimum absolute atomic E-state index is 0. The molecule has 0 bridgehead atoms. The largest absolute Gasteiger partial charge is 0.319 e. The summed E-state index contributed by atoms with van der Waals surface area (Å²) in [6, 6.07) is 0. The van der Waals surface area contributed by atoms with Crippen molar-refractivity contribution in [3.05, 3.63) is 16.1 Å². The van der Waals surface area contributed by atoms with Crippen LogP contribution in [0.3, 0.4) is 0 Å². The average molecular weight is 245 g/mol. The summed E-state index contributed by atoms with van der Waals surface area (Å²) in [5.41, 5.74) is 7.60. The highest BCUT2D eigenvalue weighted by molar-refractivity contribution is 7.09. The average Bonchev–Trinajstić information content (AvgIpc) is 2.75. The second-order valence-corrected chi connectivity index (χ2v) is 5.57. The van der Waals surface area contributed by atoms with Crippen molar-refractivity contribution in [1.29, 1.82) is 0 Å². The number of hydrogen-bond acceptors (Lipinski definition) is 3. The van der Waals surface area contributed by atoms with Gasteiger partial charge >= 0.3 is 0 Å². The summed E-state index contributed by atoms with van der Waals surface area (Å²) in [5.74, 6) is 0.769. The molecule has 0 unspecified atom stereocenters. The molecule has 2 N–H and O–H groups in total. The quantitative estimate of drug-likeness (QED) is 0.868. The Morgan fingerprint density at radius 3 is 2.60 bits per heavy atom. The number of hydrogen-bond donors (Lipinski definition) is 1. The van der Waals surface area contributed by atoms with E-state index in [0.29, 0.717) is 0 Å². The van der Waals surface area contributed by atoms with Gasteiger partial charge in [-0.3, -0.25) is 0 Å². The molecular weight excluding hydrogens is 228 g/mol. The Morgan fingerprint density at radius 1 is 1.33 bits per heavy atom. The lowest BCUT2D eigenvalue weighted by molar-refractivity contribution is 0.458. The summed E-state index contributed by atoms with van der Waals surface area (Å²) >= 11 is 1.78. The molecule has 1 aromatic rings. The standard InChI is InChI=1S/C11H16N2S.ClH/c12-11(5-1-2-6-11)10-13-9(7-14-10)8-3-4-8;/h7-8H,1-6,12H2;1H. The molecule has 84 valence electrons. The van der Waals surface area contributed by atoms with Gasteiger partial charge in [-0.1, -0.05) is 12.8 Å². The number of halogens is 1. The fraction of sp³-hybridized carbons (Fsp3) is 0.727. The SMILES string of the molecule is Cl.NC1(c2nc(C3CC3)cs2)CCCC1. The van der Waals surface area contributed by atoms with Gasteiger partial charge in [0.1, 0.15) is 5.01 Å². The third-order valence-corrected chi connectivity index (χ3v) is 4.52. The van der Waals surface area contributed by atoms with Crippen molar-refractivity contribution in [2.45, 2.75) is 50.0 Å². The van der Waals surface area contributed by atoms with E-state index in [4.69, 9.17) is 10.7 Å². The van der Waals surface area contributed by atoms with Crippen molar-refractivity contribution < 1.29 is 0 Å². The molecular formula is C11H17ClN2S. The van der Waals surface area contributed by atoms with Gasteiger partial charge in [0.05, 0.1) is 11.2 Å². The Balaban J connectivity index is 0.000000853. The van der Waals surface area contributed by atoms with Gasteiger partial charge in [0, 0.05) is 11.3 Å². The molecule has 4 heteroatoms. The van der Waals surface area contributed by atoms with Crippen molar-refractivity contribution in [2.24, 2.45) is 5.73 Å². The van der Waals surface area contributed by atoms with E-state index in [1.54, 1.807) is 11.3 Å². The highest BCUT2D eigenvalue weighted by atomic mass is 35.5. The van der Waals surface area contributed by atoms with Crippen LogP contribution in [-0.4, -0.2) is 4.98 Å². The van der Waals surface area contributed by atoms with Crippen molar-refractivity contribution in [3.8, 4) is 0 Å². The molecule has 15 heavy (non-hydrogen) atoms. The summed E-state index contributed by atoms with van der Waals surface area (Å²) in [7, 11) is 0. The van der Waals surface area contributed by atoms with E-state index < -0.39 is 0 Å². The summed E-state index contributed by atoms with van der Waals surface area (Å²) < 4.78 is 0. The second-order valence-electron chi connectivity index (χ2n) is 4.72. The third-order valence-electron chi connectivity index (χ3n) is 3.44. The van der Waals surface area contributed by atoms with Gasteiger partial charge in [0.2, 0.25) is 0 Å². The maximum Gasteiger partial charge on any atom is 0.113 e. The Kier molecular flexibility index (Phi) is 3.06. The van der Waals surface area contributed by atoms with Gasteiger partial charge in [-0.25, -0.2) is 4.98 Å². The Hall–Kier alpha value is -0.120. The molecule has 0 radical (unpaired) electrons. The van der Waals surface area contributed by atoms with Crippen LogP contribution in [0.4, 0.5) is 0 Å². The molecule has 0 atom stereocenters. The molecule has 2 nitrogen and oxygen atoms in total. The molecule has 0 spiro atoms. The first-order chi connectivity index (χ1) is 6.78. The lowest BCUT2D eigenvalue weighted by Gasteiger charge is -2.19. The Labute approximate surface area is 101 Å². The van der Waals surface area contributed by atoms with Crippen LogP contribution < -0.4 is 5.73 Å². The van der Waals surface area contributed by atoms with Crippen LogP contribution in [-0.2, 0) is 5.54 Å². The van der Waals surface area contributed by atoms with Crippen LogP contribution in [0.1, 0.15) is 55.1 Å². The lowest BCUT2D eigenvalue weighted by atomic mass is 10.0. The van der Waals surface area contributed by atoms with E-state index in [1.165, 1.54) is 36.4 Å². The Morgan fingerprint density at radius 2 is 2.00 bits per heavy atom. The highest BCUT2D eigenvalue weighted by Crippen LogP contribution is 2.43. The predicted octanol–water partition coefficient (Wildman–Crippen LogP) is 3.17. The zero-order valence-electron chi connectivity index (χ0n) is 8.74. The molecule has 2 fully saturated rings. The van der Waals surface area contributed by atoms with E-state index in [0.717, 1.165) is 18.8 Å². The summed E-state index contributed by atoms with van der Waals surface area (Å²) in [5, 5.41) is 3.41. The first-order valence-electron chi connectivity index (χ1n) is 5.53. The molecule has 2 aliphatic rings. The van der Waals surface area contributed by atoms with E-state index in [1.807, 2.05) is 0 Å².